The van der Waals surface area contributed by atoms with E-state index in [2.05, 4.69) is 10.3 Å². The normalized spacial score (nSPS) is 23.6. The van der Waals surface area contributed by atoms with Gasteiger partial charge in [-0.25, -0.2) is 0 Å². The van der Waals surface area contributed by atoms with Gasteiger partial charge < -0.3 is 10.1 Å². The van der Waals surface area contributed by atoms with Gasteiger partial charge >= 0.3 is 5.97 Å². The van der Waals surface area contributed by atoms with Gasteiger partial charge in [-0.05, 0) is 18.6 Å². The van der Waals surface area contributed by atoms with Crippen molar-refractivity contribution in [3.63, 3.8) is 0 Å². The maximum absolute atomic E-state index is 11.1. The van der Waals surface area contributed by atoms with Crippen LogP contribution in [-0.2, 0) is 11.2 Å². The summed E-state index contributed by atoms with van der Waals surface area (Å²) < 4.78 is 0. The highest BCUT2D eigenvalue weighted by molar-refractivity contribution is 5.86. The molecule has 1 unspecified atom stereocenters. The lowest BCUT2D eigenvalue weighted by atomic mass is 9.95. The summed E-state index contributed by atoms with van der Waals surface area (Å²) in [5.74, 6) is -0.784. The third-order valence-corrected chi connectivity index (χ3v) is 3.44. The number of carbonyl (C=O) groups is 1. The summed E-state index contributed by atoms with van der Waals surface area (Å²) in [6.45, 7) is 1.99. The molecule has 2 aromatic rings. The van der Waals surface area contributed by atoms with Crippen molar-refractivity contribution in [2.75, 3.05) is 0 Å². The van der Waals surface area contributed by atoms with Gasteiger partial charge in [0.15, 0.2) is 0 Å². The number of carboxylic acid groups (broad SMARTS) is 1. The van der Waals surface area contributed by atoms with E-state index < -0.39 is 12.0 Å². The molecule has 1 aliphatic heterocycles. The van der Waals surface area contributed by atoms with Gasteiger partial charge in [0.05, 0.1) is 0 Å². The molecule has 1 aliphatic rings. The van der Waals surface area contributed by atoms with Gasteiger partial charge in [0.1, 0.15) is 6.04 Å². The van der Waals surface area contributed by atoms with Gasteiger partial charge in [-0.3, -0.25) is 10.1 Å². The highest BCUT2D eigenvalue weighted by Gasteiger charge is 2.30. The number of benzene rings is 1. The van der Waals surface area contributed by atoms with E-state index in [4.69, 9.17) is 5.11 Å². The Bertz CT molecular complexity index is 588. The molecule has 88 valence electrons. The quantitative estimate of drug-likeness (QED) is 0.700. The second kappa shape index (κ2) is 3.60. The Kier molecular flexibility index (Phi) is 2.19. The number of hydrogen-bond acceptors (Lipinski definition) is 2. The zero-order valence-electron chi connectivity index (χ0n) is 9.53. The van der Waals surface area contributed by atoms with Crippen LogP contribution in [0.15, 0.2) is 24.3 Å². The van der Waals surface area contributed by atoms with Crippen molar-refractivity contribution in [2.45, 2.75) is 25.4 Å². The van der Waals surface area contributed by atoms with Crippen LogP contribution in [0.1, 0.15) is 24.2 Å². The highest BCUT2D eigenvalue weighted by Crippen LogP contribution is 2.31. The van der Waals surface area contributed by atoms with E-state index in [0.29, 0.717) is 6.42 Å². The summed E-state index contributed by atoms with van der Waals surface area (Å²) in [6, 6.07) is 7.59. The zero-order chi connectivity index (χ0) is 12.0. The molecule has 0 radical (unpaired) electrons. The summed E-state index contributed by atoms with van der Waals surface area (Å²) in [5.41, 5.74) is 3.33. The van der Waals surface area contributed by atoms with Crippen LogP contribution in [0, 0.1) is 0 Å². The minimum atomic E-state index is -0.784. The Morgan fingerprint density at radius 3 is 2.94 bits per heavy atom. The number of fused-ring (bicyclic) bond motifs is 3. The summed E-state index contributed by atoms with van der Waals surface area (Å²) in [7, 11) is 0. The standard InChI is InChI=1S/C13H14N2O2/c1-7-12-9(6-11(14-7)13(16)17)8-4-2-3-5-10(8)15-12/h2-5,7,11,14-15H,6H2,1H3,(H,16,17)/t7-,11?/m0/s1. The molecule has 1 aromatic heterocycles. The number of aliphatic carboxylic acids is 1. The molecule has 3 N–H and O–H groups in total. The molecule has 4 nitrogen and oxygen atoms in total. The van der Waals surface area contributed by atoms with E-state index in [1.807, 2.05) is 31.2 Å². The van der Waals surface area contributed by atoms with E-state index in [1.54, 1.807) is 0 Å². The topological polar surface area (TPSA) is 65.1 Å². The molecule has 3 rings (SSSR count). The molecule has 0 saturated carbocycles. The molecule has 17 heavy (non-hydrogen) atoms. The lowest BCUT2D eigenvalue weighted by molar-refractivity contribution is -0.139. The fraction of sp³-hybridized carbons (Fsp3) is 0.308. The molecule has 2 heterocycles. The molecular formula is C13H14N2O2. The Morgan fingerprint density at radius 1 is 1.41 bits per heavy atom. The van der Waals surface area contributed by atoms with Gasteiger partial charge in [0, 0.05) is 29.1 Å². The minimum absolute atomic E-state index is 0.0484. The summed E-state index contributed by atoms with van der Waals surface area (Å²) >= 11 is 0. The number of aromatic amines is 1. The molecule has 0 saturated heterocycles. The van der Waals surface area contributed by atoms with Crippen molar-refractivity contribution < 1.29 is 9.90 Å². The molecule has 0 amide bonds. The molecule has 0 aliphatic carbocycles. The maximum atomic E-state index is 11.1. The van der Waals surface area contributed by atoms with Crippen molar-refractivity contribution in [3.05, 3.63) is 35.5 Å². The minimum Gasteiger partial charge on any atom is -0.480 e. The largest absolute Gasteiger partial charge is 0.480 e. The zero-order valence-corrected chi connectivity index (χ0v) is 9.53. The maximum Gasteiger partial charge on any atom is 0.321 e. The number of hydrogen-bond donors (Lipinski definition) is 3. The lowest BCUT2D eigenvalue weighted by Crippen LogP contribution is -2.43. The van der Waals surface area contributed by atoms with Crippen molar-refractivity contribution in [2.24, 2.45) is 0 Å². The number of H-pyrrole nitrogens is 1. The van der Waals surface area contributed by atoms with Crippen molar-refractivity contribution >= 4 is 16.9 Å². The predicted octanol–water partition coefficient (Wildman–Crippen LogP) is 1.83. The number of aromatic nitrogens is 1. The first-order valence-corrected chi connectivity index (χ1v) is 5.75. The molecule has 4 heteroatoms. The number of para-hydroxylation sites is 1. The van der Waals surface area contributed by atoms with E-state index in [-0.39, 0.29) is 6.04 Å². The van der Waals surface area contributed by atoms with Crippen LogP contribution in [0.3, 0.4) is 0 Å². The molecule has 2 atom stereocenters. The number of nitrogens with one attached hydrogen (secondary N) is 2. The monoisotopic (exact) mass is 230 g/mol. The van der Waals surface area contributed by atoms with Crippen LogP contribution in [0.2, 0.25) is 0 Å². The Morgan fingerprint density at radius 2 is 2.18 bits per heavy atom. The van der Waals surface area contributed by atoms with E-state index >= 15 is 0 Å². The second-order valence-corrected chi connectivity index (χ2v) is 4.55. The van der Waals surface area contributed by atoms with Crippen LogP contribution < -0.4 is 5.32 Å². The molecule has 1 aromatic carbocycles. The summed E-state index contributed by atoms with van der Waals surface area (Å²) in [4.78, 5) is 14.5. The first-order chi connectivity index (χ1) is 8.16. The van der Waals surface area contributed by atoms with Crippen molar-refractivity contribution in [1.82, 2.24) is 10.3 Å². The first kappa shape index (κ1) is 10.4. The average Bonchev–Trinajstić information content (AvgIpc) is 2.68. The van der Waals surface area contributed by atoms with Crippen molar-refractivity contribution in [1.29, 1.82) is 0 Å². The second-order valence-electron chi connectivity index (χ2n) is 4.55. The predicted molar refractivity (Wildman–Crippen MR) is 65.0 cm³/mol. The van der Waals surface area contributed by atoms with Gasteiger partial charge in [-0.2, -0.15) is 0 Å². The SMILES string of the molecule is C[C@@H]1NC(C(=O)O)Cc2c1[nH]c1ccccc21. The lowest BCUT2D eigenvalue weighted by Gasteiger charge is -2.26. The van der Waals surface area contributed by atoms with E-state index in [1.165, 1.54) is 0 Å². The van der Waals surface area contributed by atoms with E-state index in [0.717, 1.165) is 22.2 Å². The van der Waals surface area contributed by atoms with Crippen LogP contribution in [0.5, 0.6) is 0 Å². The van der Waals surface area contributed by atoms with E-state index in [9.17, 15) is 4.79 Å². The molecule has 0 fully saturated rings. The van der Waals surface area contributed by atoms with Gasteiger partial charge in [0.2, 0.25) is 0 Å². The third-order valence-electron chi connectivity index (χ3n) is 3.44. The fourth-order valence-electron chi connectivity index (χ4n) is 2.62. The first-order valence-electron chi connectivity index (χ1n) is 5.75. The highest BCUT2D eigenvalue weighted by atomic mass is 16.4. The van der Waals surface area contributed by atoms with Crippen LogP contribution in [-0.4, -0.2) is 22.1 Å². The molecular weight excluding hydrogens is 216 g/mol. The van der Waals surface area contributed by atoms with Crippen LogP contribution >= 0.6 is 0 Å². The van der Waals surface area contributed by atoms with Crippen LogP contribution in [0.25, 0.3) is 10.9 Å². The van der Waals surface area contributed by atoms with Gasteiger partial charge in [-0.1, -0.05) is 18.2 Å². The summed E-state index contributed by atoms with van der Waals surface area (Å²) in [5, 5.41) is 13.4. The van der Waals surface area contributed by atoms with Gasteiger partial charge in [0.25, 0.3) is 0 Å². The molecule has 0 spiro atoms. The Labute approximate surface area is 98.6 Å². The number of carboxylic acids is 1. The van der Waals surface area contributed by atoms with Crippen molar-refractivity contribution in [3.8, 4) is 0 Å². The third kappa shape index (κ3) is 1.52. The Balaban J connectivity index is 2.16. The number of rotatable bonds is 1. The smallest absolute Gasteiger partial charge is 0.321 e. The fourth-order valence-corrected chi connectivity index (χ4v) is 2.62. The van der Waals surface area contributed by atoms with Crippen LogP contribution in [0.4, 0.5) is 0 Å². The average molecular weight is 230 g/mol. The van der Waals surface area contributed by atoms with Gasteiger partial charge in [-0.15, -0.1) is 0 Å². The summed E-state index contributed by atoms with van der Waals surface area (Å²) in [6.07, 6.45) is 0.541. The Hall–Kier alpha value is -1.81. The molecule has 0 bridgehead atoms.